The number of pyridine rings is 2. The zero-order valence-electron chi connectivity index (χ0n) is 30.7. The molecule has 263 valence electrons. The van der Waals surface area contributed by atoms with Gasteiger partial charge in [0.25, 0.3) is 0 Å². The van der Waals surface area contributed by atoms with Gasteiger partial charge in [-0.15, -0.1) is 29.1 Å². The van der Waals surface area contributed by atoms with Crippen LogP contribution < -0.4 is 0 Å². The molecule has 1 radical (unpaired) electrons. The fourth-order valence-electron chi connectivity index (χ4n) is 6.17. The van der Waals surface area contributed by atoms with Crippen molar-refractivity contribution in [3.8, 4) is 22.5 Å². The molecule has 0 amide bonds. The number of carbonyl (C=O) groups is 1. The number of carbonyl (C=O) groups excluding carboxylic acids is 1. The van der Waals surface area contributed by atoms with Crippen LogP contribution in [0.3, 0.4) is 0 Å². The van der Waals surface area contributed by atoms with Crippen LogP contribution in [0.5, 0.6) is 0 Å². The van der Waals surface area contributed by atoms with Crippen molar-refractivity contribution in [1.29, 1.82) is 0 Å². The van der Waals surface area contributed by atoms with Crippen LogP contribution in [0.1, 0.15) is 99.3 Å². The van der Waals surface area contributed by atoms with E-state index >= 15 is 0 Å². The maximum absolute atomic E-state index is 11.7. The zero-order valence-corrected chi connectivity index (χ0v) is 33.1. The van der Waals surface area contributed by atoms with Crippen LogP contribution in [0.25, 0.3) is 44.3 Å². The van der Waals surface area contributed by atoms with Gasteiger partial charge in [0.2, 0.25) is 0 Å². The summed E-state index contributed by atoms with van der Waals surface area (Å²) in [4.78, 5) is 21.1. The topological polar surface area (TPSA) is 76.2 Å². The van der Waals surface area contributed by atoms with Gasteiger partial charge in [0.15, 0.2) is 11.4 Å². The molecule has 0 saturated carbocycles. The van der Waals surface area contributed by atoms with Gasteiger partial charge >= 0.3 is 0 Å². The second-order valence-electron chi connectivity index (χ2n) is 14.2. The van der Waals surface area contributed by atoms with Crippen LogP contribution in [-0.2, 0) is 36.7 Å². The van der Waals surface area contributed by atoms with Crippen LogP contribution in [0.2, 0.25) is 0 Å². The summed E-state index contributed by atoms with van der Waals surface area (Å²) in [7, 11) is 0. The molecule has 3 heterocycles. The Labute approximate surface area is 307 Å². The third kappa shape index (κ3) is 10.2. The van der Waals surface area contributed by atoms with Gasteiger partial charge in [-0.05, 0) is 60.8 Å². The molecule has 5 nitrogen and oxygen atoms in total. The van der Waals surface area contributed by atoms with Gasteiger partial charge in [-0.1, -0.05) is 97.5 Å². The molecule has 5 aromatic rings. The molecule has 3 aromatic heterocycles. The van der Waals surface area contributed by atoms with E-state index in [1.165, 1.54) is 17.0 Å². The fraction of sp³-hybridized carbons (Fsp3) is 0.419. The zero-order chi connectivity index (χ0) is 35.0. The Morgan fingerprint density at radius 2 is 1.57 bits per heavy atom. The molecule has 2 aromatic carbocycles. The number of hydrogen-bond donors (Lipinski definition) is 1. The Morgan fingerprint density at radius 1 is 0.898 bits per heavy atom. The summed E-state index contributed by atoms with van der Waals surface area (Å²) in [6, 6.07) is 22.6. The Morgan fingerprint density at radius 3 is 2.20 bits per heavy atom. The molecule has 5 rings (SSSR count). The molecule has 0 fully saturated rings. The van der Waals surface area contributed by atoms with Crippen LogP contribution in [0.4, 0.5) is 0 Å². The fourth-order valence-corrected chi connectivity index (χ4v) is 6.17. The number of furan rings is 1. The minimum atomic E-state index is 0. The summed E-state index contributed by atoms with van der Waals surface area (Å²) in [5, 5.41) is 13.2. The van der Waals surface area contributed by atoms with Gasteiger partial charge in [-0.3, -0.25) is 14.8 Å². The Balaban J connectivity index is 0.000000347. The molecule has 0 aliphatic heterocycles. The predicted octanol–water partition coefficient (Wildman–Crippen LogP) is 11.9. The van der Waals surface area contributed by atoms with Crippen molar-refractivity contribution in [2.75, 3.05) is 0 Å². The van der Waals surface area contributed by atoms with Crippen molar-refractivity contribution in [3.63, 3.8) is 0 Å². The molecule has 0 aliphatic rings. The molecule has 0 saturated heterocycles. The van der Waals surface area contributed by atoms with Crippen molar-refractivity contribution in [2.45, 2.75) is 99.8 Å². The van der Waals surface area contributed by atoms with Crippen molar-refractivity contribution in [3.05, 3.63) is 96.2 Å². The number of aliphatic hydroxyl groups excluding tert-OH is 1. The van der Waals surface area contributed by atoms with Gasteiger partial charge in [0.1, 0.15) is 5.76 Å². The van der Waals surface area contributed by atoms with E-state index in [9.17, 15) is 9.90 Å². The largest absolute Gasteiger partial charge is 0.512 e. The summed E-state index contributed by atoms with van der Waals surface area (Å²) in [6.07, 6.45) is 9.52. The van der Waals surface area contributed by atoms with Gasteiger partial charge in [-0.2, -0.15) is 0 Å². The first kappa shape index (κ1) is 39.8. The number of fused-ring (bicyclic) bond motifs is 2. The third-order valence-electron chi connectivity index (χ3n) is 9.06. The van der Waals surface area contributed by atoms with E-state index in [0.29, 0.717) is 5.92 Å². The maximum atomic E-state index is 11.7. The first-order chi connectivity index (χ1) is 22.9. The molecular weight excluding hydrogens is 785 g/mol. The first-order valence-electron chi connectivity index (χ1n) is 17.6. The van der Waals surface area contributed by atoms with Gasteiger partial charge in [-0.25, -0.2) is 0 Å². The van der Waals surface area contributed by atoms with Gasteiger partial charge in [0, 0.05) is 61.7 Å². The van der Waals surface area contributed by atoms with Crippen molar-refractivity contribution in [2.24, 2.45) is 17.8 Å². The van der Waals surface area contributed by atoms with Gasteiger partial charge < -0.3 is 9.52 Å². The van der Waals surface area contributed by atoms with E-state index in [1.807, 2.05) is 46.2 Å². The van der Waals surface area contributed by atoms with Crippen LogP contribution in [-0.4, -0.2) is 20.9 Å². The summed E-state index contributed by atoms with van der Waals surface area (Å²) < 4.78 is 5.97. The average Bonchev–Trinajstić information content (AvgIpc) is 3.46. The summed E-state index contributed by atoms with van der Waals surface area (Å²) in [5.74, 6) is 2.11. The average molecular weight is 838 g/mol. The van der Waals surface area contributed by atoms with Crippen LogP contribution in [0.15, 0.2) is 83.2 Å². The molecule has 0 unspecified atom stereocenters. The van der Waals surface area contributed by atoms with Crippen LogP contribution >= 0.6 is 0 Å². The Hall–Kier alpha value is -3.60. The normalized spacial score (nSPS) is 12.0. The summed E-state index contributed by atoms with van der Waals surface area (Å²) in [5.41, 5.74) is 6.01. The number of rotatable bonds is 11. The van der Waals surface area contributed by atoms with Crippen molar-refractivity contribution >= 4 is 27.5 Å². The molecule has 0 atom stereocenters. The number of aromatic nitrogens is 2. The molecule has 0 spiro atoms. The van der Waals surface area contributed by atoms with Crippen molar-refractivity contribution < 1.29 is 34.4 Å². The molecule has 0 aliphatic carbocycles. The second kappa shape index (κ2) is 17.9. The monoisotopic (exact) mass is 838 g/mol. The SMILES string of the molecule is CC(C)Cc1cc2cc(-c3ccnc(-c4[c-]c5ccccc5c(C(C)(C)C)c4)c3)ncc2o1.CCC(CC)C(=O)/C=C(\O)C(CC)CC.[Ir]. The number of ketones is 1. The maximum Gasteiger partial charge on any atom is 0.162 e. The minimum Gasteiger partial charge on any atom is -0.512 e. The second-order valence-corrected chi connectivity index (χ2v) is 14.2. The Bertz CT molecular complexity index is 1860. The van der Waals surface area contributed by atoms with Crippen LogP contribution in [0, 0.1) is 23.8 Å². The molecule has 49 heavy (non-hydrogen) atoms. The molecule has 1 N–H and O–H groups in total. The number of benzene rings is 2. The standard InChI is InChI=1S/C30H29N2O.C13H24O2.Ir/c1-19(2)12-24-14-23-17-27(32-18-29(23)33-24)21-10-11-31-28(16-21)22-13-20-8-6-7-9-25(20)26(15-22)30(3,4)5;1-5-10(6-2)12(14)9-13(15)11(7-3)8-4;/h6-11,14-19H,12H2,1-5H3;9-11,14H,5-8H2,1-4H3;/q-1;;/b;12-9-;. The van der Waals surface area contributed by atoms with E-state index in [0.717, 1.165) is 76.7 Å². The smallest absolute Gasteiger partial charge is 0.162 e. The van der Waals surface area contributed by atoms with E-state index in [1.54, 1.807) is 0 Å². The molecular formula is C43H53IrN2O3-. The summed E-state index contributed by atoms with van der Waals surface area (Å²) in [6.45, 7) is 19.2. The van der Waals surface area contributed by atoms with E-state index in [2.05, 4.69) is 99.2 Å². The Kier molecular flexibility index (Phi) is 14.5. The quantitative estimate of drug-likeness (QED) is 0.0815. The predicted molar refractivity (Wildman–Crippen MR) is 200 cm³/mol. The minimum absolute atomic E-state index is 0. The van der Waals surface area contributed by atoms with E-state index in [4.69, 9.17) is 4.42 Å². The number of nitrogens with zero attached hydrogens (tertiary/aromatic N) is 2. The van der Waals surface area contributed by atoms with E-state index in [-0.39, 0.29) is 48.9 Å². The number of allylic oxidation sites excluding steroid dienone is 2. The van der Waals surface area contributed by atoms with Gasteiger partial charge in [0.05, 0.1) is 17.6 Å². The number of hydrogen-bond acceptors (Lipinski definition) is 5. The number of aliphatic hydroxyl groups is 1. The third-order valence-corrected chi connectivity index (χ3v) is 9.06. The first-order valence-corrected chi connectivity index (χ1v) is 17.6. The molecule has 6 heteroatoms. The van der Waals surface area contributed by atoms with E-state index < -0.39 is 0 Å². The van der Waals surface area contributed by atoms with Crippen molar-refractivity contribution in [1.82, 2.24) is 9.97 Å². The summed E-state index contributed by atoms with van der Waals surface area (Å²) >= 11 is 0. The molecule has 0 bridgehead atoms.